The van der Waals surface area contributed by atoms with E-state index in [1.807, 2.05) is 6.07 Å². The average Bonchev–Trinajstić information content (AvgIpc) is 2.46. The molecule has 0 aliphatic carbocycles. The molecule has 0 aromatic heterocycles. The number of ether oxygens (including phenoxy) is 1. The molecule has 0 saturated carbocycles. The van der Waals surface area contributed by atoms with E-state index < -0.39 is 4.92 Å². The van der Waals surface area contributed by atoms with Crippen LogP contribution in [0, 0.1) is 17.0 Å². The van der Waals surface area contributed by atoms with E-state index in [9.17, 15) is 10.1 Å². The average molecular weight is 326 g/mol. The predicted molar refractivity (Wildman–Crippen MR) is 83.2 cm³/mol. The van der Waals surface area contributed by atoms with Crippen molar-refractivity contribution in [3.63, 3.8) is 0 Å². The van der Waals surface area contributed by atoms with Gasteiger partial charge in [0, 0.05) is 17.2 Å². The molecule has 0 aliphatic heterocycles. The van der Waals surface area contributed by atoms with Crippen LogP contribution >= 0.6 is 23.2 Å². The molecule has 2 aromatic rings. The summed E-state index contributed by atoms with van der Waals surface area (Å²) in [6, 6.07) is 10.2. The molecule has 2 rings (SSSR count). The van der Waals surface area contributed by atoms with Crippen LogP contribution in [0.1, 0.15) is 16.7 Å². The third-order valence-electron chi connectivity index (χ3n) is 3.18. The Hall–Kier alpha value is -1.78. The van der Waals surface area contributed by atoms with Gasteiger partial charge in [-0.15, -0.1) is 11.6 Å². The van der Waals surface area contributed by atoms with Gasteiger partial charge >= 0.3 is 0 Å². The number of para-hydroxylation sites is 1. The molecule has 21 heavy (non-hydrogen) atoms. The van der Waals surface area contributed by atoms with Gasteiger partial charge in [0.15, 0.2) is 0 Å². The highest BCUT2D eigenvalue weighted by Crippen LogP contribution is 2.31. The van der Waals surface area contributed by atoms with Crippen LogP contribution < -0.4 is 4.74 Å². The number of halogens is 2. The van der Waals surface area contributed by atoms with Crippen LogP contribution in [-0.4, -0.2) is 4.92 Å². The largest absolute Gasteiger partial charge is 0.487 e. The molecule has 0 heterocycles. The Kier molecular flexibility index (Phi) is 5.04. The van der Waals surface area contributed by atoms with Gasteiger partial charge in [0.05, 0.1) is 15.8 Å². The molecule has 4 nitrogen and oxygen atoms in total. The van der Waals surface area contributed by atoms with Gasteiger partial charge < -0.3 is 4.74 Å². The van der Waals surface area contributed by atoms with Crippen molar-refractivity contribution in [1.82, 2.24) is 0 Å². The van der Waals surface area contributed by atoms with Crippen LogP contribution in [0.4, 0.5) is 5.69 Å². The van der Waals surface area contributed by atoms with Crippen LogP contribution in [0.2, 0.25) is 5.02 Å². The fourth-order valence-electron chi connectivity index (χ4n) is 1.99. The van der Waals surface area contributed by atoms with Crippen molar-refractivity contribution < 1.29 is 9.66 Å². The Morgan fingerprint density at radius 2 is 1.86 bits per heavy atom. The lowest BCUT2D eigenvalue weighted by atomic mass is 10.1. The number of hydrogen-bond donors (Lipinski definition) is 0. The smallest absolute Gasteiger partial charge is 0.272 e. The summed E-state index contributed by atoms with van der Waals surface area (Å²) in [6.45, 7) is 1.90. The van der Waals surface area contributed by atoms with E-state index in [-0.39, 0.29) is 18.2 Å². The standard InChI is InChI=1S/C15H13Cl2NO3/c1-10-12(5-3-7-14(10)18(19)20)9-21-15-11(8-16)4-2-6-13(15)17/h2-7H,8-9H2,1H3. The van der Waals surface area contributed by atoms with Gasteiger partial charge in [-0.25, -0.2) is 0 Å². The van der Waals surface area contributed by atoms with Gasteiger partial charge in [0.2, 0.25) is 0 Å². The quantitative estimate of drug-likeness (QED) is 0.447. The Balaban J connectivity index is 2.25. The highest BCUT2D eigenvalue weighted by molar-refractivity contribution is 6.32. The second-order valence-electron chi connectivity index (χ2n) is 4.47. The lowest BCUT2D eigenvalue weighted by Crippen LogP contribution is -2.02. The lowest BCUT2D eigenvalue weighted by molar-refractivity contribution is -0.385. The molecule has 2 aromatic carbocycles. The Morgan fingerprint density at radius 3 is 2.52 bits per heavy atom. The third kappa shape index (κ3) is 3.46. The van der Waals surface area contributed by atoms with E-state index in [0.717, 1.165) is 11.1 Å². The van der Waals surface area contributed by atoms with Crippen molar-refractivity contribution in [2.75, 3.05) is 0 Å². The Bertz CT molecular complexity index is 674. The summed E-state index contributed by atoms with van der Waals surface area (Å²) in [5.41, 5.74) is 2.19. The summed E-state index contributed by atoms with van der Waals surface area (Å²) in [5.74, 6) is 0.796. The Morgan fingerprint density at radius 1 is 1.19 bits per heavy atom. The summed E-state index contributed by atoms with van der Waals surface area (Å²) in [7, 11) is 0. The molecule has 0 bridgehead atoms. The van der Waals surface area contributed by atoms with Crippen LogP contribution in [0.3, 0.4) is 0 Å². The zero-order valence-corrected chi connectivity index (χ0v) is 12.8. The number of nitro groups is 1. The minimum absolute atomic E-state index is 0.0767. The molecule has 0 aliphatic rings. The summed E-state index contributed by atoms with van der Waals surface area (Å²) in [6.07, 6.45) is 0. The van der Waals surface area contributed by atoms with Crippen molar-refractivity contribution in [3.8, 4) is 5.75 Å². The number of alkyl halides is 1. The third-order valence-corrected chi connectivity index (χ3v) is 3.76. The first-order valence-electron chi connectivity index (χ1n) is 6.23. The van der Waals surface area contributed by atoms with Crippen molar-refractivity contribution >= 4 is 28.9 Å². The molecule has 0 atom stereocenters. The number of rotatable bonds is 5. The highest BCUT2D eigenvalue weighted by Gasteiger charge is 2.14. The summed E-state index contributed by atoms with van der Waals surface area (Å²) >= 11 is 12.0. The van der Waals surface area contributed by atoms with E-state index in [1.54, 1.807) is 31.2 Å². The highest BCUT2D eigenvalue weighted by atomic mass is 35.5. The molecule has 0 saturated heterocycles. The maximum atomic E-state index is 10.9. The van der Waals surface area contributed by atoms with Gasteiger partial charge in [-0.05, 0) is 18.6 Å². The van der Waals surface area contributed by atoms with Gasteiger partial charge in [0.1, 0.15) is 12.4 Å². The first-order valence-corrected chi connectivity index (χ1v) is 7.15. The van der Waals surface area contributed by atoms with Crippen LogP contribution in [0.5, 0.6) is 5.75 Å². The first kappa shape index (κ1) is 15.6. The molecular formula is C15H13Cl2NO3. The molecule has 0 N–H and O–H groups in total. The van der Waals surface area contributed by atoms with E-state index in [4.69, 9.17) is 27.9 Å². The van der Waals surface area contributed by atoms with Crippen molar-refractivity contribution in [3.05, 3.63) is 68.2 Å². The van der Waals surface area contributed by atoms with Gasteiger partial charge in [-0.3, -0.25) is 10.1 Å². The molecule has 0 amide bonds. The summed E-state index contributed by atoms with van der Waals surface area (Å²) < 4.78 is 5.72. The van der Waals surface area contributed by atoms with Gasteiger partial charge in [0.25, 0.3) is 5.69 Å². The Labute approximate surface area is 132 Å². The normalized spacial score (nSPS) is 10.4. The van der Waals surface area contributed by atoms with E-state index in [0.29, 0.717) is 16.3 Å². The van der Waals surface area contributed by atoms with E-state index in [2.05, 4.69) is 0 Å². The number of nitrogens with zero attached hydrogens (tertiary/aromatic N) is 1. The predicted octanol–water partition coefficient (Wildman–Crippen LogP) is 4.87. The minimum Gasteiger partial charge on any atom is -0.487 e. The topological polar surface area (TPSA) is 52.4 Å². The fraction of sp³-hybridized carbons (Fsp3) is 0.200. The van der Waals surface area contributed by atoms with Crippen molar-refractivity contribution in [2.45, 2.75) is 19.4 Å². The van der Waals surface area contributed by atoms with Gasteiger partial charge in [-0.1, -0.05) is 35.9 Å². The van der Waals surface area contributed by atoms with Gasteiger partial charge in [-0.2, -0.15) is 0 Å². The monoisotopic (exact) mass is 325 g/mol. The number of hydrogen-bond acceptors (Lipinski definition) is 3. The SMILES string of the molecule is Cc1c(COc2c(Cl)cccc2CCl)cccc1[N+](=O)[O-]. The zero-order chi connectivity index (χ0) is 15.4. The zero-order valence-electron chi connectivity index (χ0n) is 11.3. The molecule has 0 unspecified atom stereocenters. The van der Waals surface area contributed by atoms with Crippen LogP contribution in [0.15, 0.2) is 36.4 Å². The maximum absolute atomic E-state index is 10.9. The molecule has 6 heteroatoms. The van der Waals surface area contributed by atoms with Crippen molar-refractivity contribution in [2.24, 2.45) is 0 Å². The molecule has 110 valence electrons. The van der Waals surface area contributed by atoms with Crippen LogP contribution in [-0.2, 0) is 12.5 Å². The maximum Gasteiger partial charge on any atom is 0.272 e. The lowest BCUT2D eigenvalue weighted by Gasteiger charge is -2.13. The first-order chi connectivity index (χ1) is 10.0. The van der Waals surface area contributed by atoms with Crippen LogP contribution in [0.25, 0.3) is 0 Å². The van der Waals surface area contributed by atoms with E-state index >= 15 is 0 Å². The summed E-state index contributed by atoms with van der Waals surface area (Å²) in [4.78, 5) is 10.5. The van der Waals surface area contributed by atoms with E-state index in [1.165, 1.54) is 6.07 Å². The number of nitro benzene ring substituents is 1. The summed E-state index contributed by atoms with van der Waals surface area (Å²) in [5, 5.41) is 11.4. The minimum atomic E-state index is -0.404. The second-order valence-corrected chi connectivity index (χ2v) is 5.14. The second kappa shape index (κ2) is 6.78. The molecule has 0 radical (unpaired) electrons. The fourth-order valence-corrected chi connectivity index (χ4v) is 2.45. The number of benzene rings is 2. The van der Waals surface area contributed by atoms with Crippen molar-refractivity contribution in [1.29, 1.82) is 0 Å². The molecule has 0 fully saturated rings. The molecule has 0 spiro atoms. The molecular weight excluding hydrogens is 313 g/mol.